The first-order valence-electron chi connectivity index (χ1n) is 6.26. The molecule has 2 N–H and O–H groups in total. The lowest BCUT2D eigenvalue weighted by Gasteiger charge is -2.35. The highest BCUT2D eigenvalue weighted by Crippen LogP contribution is 2.28. The highest BCUT2D eigenvalue weighted by Gasteiger charge is 2.33. The molecular weight excluding hydrogens is 295 g/mol. The summed E-state index contributed by atoms with van der Waals surface area (Å²) in [4.78, 5) is 12.9. The van der Waals surface area contributed by atoms with E-state index in [1.54, 1.807) is 0 Å². The summed E-state index contributed by atoms with van der Waals surface area (Å²) in [7, 11) is 1.24. The molecule has 8 heteroatoms. The quantitative estimate of drug-likeness (QED) is 0.528. The Labute approximate surface area is 117 Å². The van der Waals surface area contributed by atoms with Gasteiger partial charge in [0.05, 0.1) is 0 Å². The standard InChI is InChI=1S/C13H13F5N2O/c1-20(4-5-2-6(19)3-5)13(21)7-8(14)10(16)12(18)11(17)9(7)15/h5-6H,2-4,19H2,1H3. The van der Waals surface area contributed by atoms with Crippen molar-refractivity contribution in [2.45, 2.75) is 18.9 Å². The third kappa shape index (κ3) is 2.72. The summed E-state index contributed by atoms with van der Waals surface area (Å²) in [6.45, 7) is 0.145. The van der Waals surface area contributed by atoms with Gasteiger partial charge in [0.2, 0.25) is 5.82 Å². The van der Waals surface area contributed by atoms with Crippen LogP contribution in [0.1, 0.15) is 23.2 Å². The van der Waals surface area contributed by atoms with Crippen LogP contribution in [0.3, 0.4) is 0 Å². The van der Waals surface area contributed by atoms with Crippen LogP contribution < -0.4 is 5.73 Å². The van der Waals surface area contributed by atoms with E-state index in [9.17, 15) is 26.7 Å². The molecule has 0 bridgehead atoms. The Morgan fingerprint density at radius 1 is 1.05 bits per heavy atom. The van der Waals surface area contributed by atoms with E-state index in [0.717, 1.165) is 4.90 Å². The summed E-state index contributed by atoms with van der Waals surface area (Å²) in [5, 5.41) is 0. The Morgan fingerprint density at radius 3 is 1.90 bits per heavy atom. The summed E-state index contributed by atoms with van der Waals surface area (Å²) in [5.41, 5.74) is 4.14. The van der Waals surface area contributed by atoms with Gasteiger partial charge in [0.25, 0.3) is 5.91 Å². The van der Waals surface area contributed by atoms with E-state index in [-0.39, 0.29) is 18.5 Å². The van der Waals surface area contributed by atoms with Gasteiger partial charge in [-0.1, -0.05) is 0 Å². The Balaban J connectivity index is 2.26. The van der Waals surface area contributed by atoms with Crippen molar-refractivity contribution in [1.29, 1.82) is 0 Å². The molecule has 1 fully saturated rings. The normalized spacial score (nSPS) is 21.1. The minimum Gasteiger partial charge on any atom is -0.341 e. The Morgan fingerprint density at radius 2 is 1.48 bits per heavy atom. The number of benzene rings is 1. The fourth-order valence-corrected chi connectivity index (χ4v) is 2.39. The van der Waals surface area contributed by atoms with Crippen molar-refractivity contribution in [1.82, 2.24) is 4.90 Å². The van der Waals surface area contributed by atoms with Gasteiger partial charge in [0.1, 0.15) is 5.56 Å². The fraction of sp³-hybridized carbons (Fsp3) is 0.462. The maximum Gasteiger partial charge on any atom is 0.259 e. The van der Waals surface area contributed by atoms with Crippen LogP contribution >= 0.6 is 0 Å². The third-order valence-electron chi connectivity index (χ3n) is 3.57. The van der Waals surface area contributed by atoms with Gasteiger partial charge in [-0.3, -0.25) is 4.79 Å². The van der Waals surface area contributed by atoms with Gasteiger partial charge in [-0.2, -0.15) is 0 Å². The topological polar surface area (TPSA) is 46.3 Å². The Hall–Kier alpha value is -1.70. The summed E-state index contributed by atoms with van der Waals surface area (Å²) in [5.74, 6) is -12.0. The van der Waals surface area contributed by atoms with Crippen LogP contribution in [0.15, 0.2) is 0 Å². The van der Waals surface area contributed by atoms with Gasteiger partial charge in [0, 0.05) is 19.6 Å². The number of hydrogen-bond donors (Lipinski definition) is 1. The zero-order valence-electron chi connectivity index (χ0n) is 11.1. The van der Waals surface area contributed by atoms with E-state index in [4.69, 9.17) is 5.73 Å². The van der Waals surface area contributed by atoms with Crippen molar-refractivity contribution in [3.05, 3.63) is 34.6 Å². The molecule has 1 saturated carbocycles. The molecule has 3 nitrogen and oxygen atoms in total. The number of rotatable bonds is 3. The SMILES string of the molecule is CN(CC1CC(N)C1)C(=O)c1c(F)c(F)c(F)c(F)c1F. The first-order chi connectivity index (χ1) is 9.73. The molecule has 0 aromatic heterocycles. The largest absolute Gasteiger partial charge is 0.341 e. The molecule has 0 aliphatic heterocycles. The maximum atomic E-state index is 13.5. The zero-order valence-corrected chi connectivity index (χ0v) is 11.1. The minimum atomic E-state index is -2.28. The molecule has 1 aromatic rings. The van der Waals surface area contributed by atoms with E-state index in [1.807, 2.05) is 0 Å². The van der Waals surface area contributed by atoms with E-state index in [2.05, 4.69) is 0 Å². The van der Waals surface area contributed by atoms with E-state index < -0.39 is 40.6 Å². The second-order valence-corrected chi connectivity index (χ2v) is 5.23. The Kier molecular flexibility index (Phi) is 4.18. The number of nitrogens with zero attached hydrogens (tertiary/aromatic N) is 1. The van der Waals surface area contributed by atoms with Crippen molar-refractivity contribution in [2.75, 3.05) is 13.6 Å². The highest BCUT2D eigenvalue weighted by molar-refractivity contribution is 5.94. The fourth-order valence-electron chi connectivity index (χ4n) is 2.39. The second kappa shape index (κ2) is 5.59. The molecule has 116 valence electrons. The zero-order chi connectivity index (χ0) is 15.9. The van der Waals surface area contributed by atoms with Crippen molar-refractivity contribution < 1.29 is 26.7 Å². The molecule has 1 aliphatic carbocycles. The molecule has 1 aromatic carbocycles. The average Bonchev–Trinajstić information content (AvgIpc) is 2.41. The lowest BCUT2D eigenvalue weighted by Crippen LogP contribution is -2.43. The van der Waals surface area contributed by atoms with Crippen LogP contribution in [-0.2, 0) is 0 Å². The second-order valence-electron chi connectivity index (χ2n) is 5.23. The molecule has 0 heterocycles. The van der Waals surface area contributed by atoms with Crippen LogP contribution in [0.4, 0.5) is 22.0 Å². The van der Waals surface area contributed by atoms with E-state index >= 15 is 0 Å². The highest BCUT2D eigenvalue weighted by atomic mass is 19.2. The van der Waals surface area contributed by atoms with Gasteiger partial charge in [0.15, 0.2) is 23.3 Å². The number of halogens is 5. The van der Waals surface area contributed by atoms with Gasteiger partial charge in [-0.25, -0.2) is 22.0 Å². The molecular formula is C13H13F5N2O. The van der Waals surface area contributed by atoms with Gasteiger partial charge in [-0.05, 0) is 18.8 Å². The molecule has 0 atom stereocenters. The predicted molar refractivity (Wildman–Crippen MR) is 63.9 cm³/mol. The van der Waals surface area contributed by atoms with Gasteiger partial charge < -0.3 is 10.6 Å². The van der Waals surface area contributed by atoms with Crippen LogP contribution in [0.25, 0.3) is 0 Å². The lowest BCUT2D eigenvalue weighted by molar-refractivity contribution is 0.0721. The average molecular weight is 308 g/mol. The van der Waals surface area contributed by atoms with Crippen LogP contribution in [0, 0.1) is 35.0 Å². The maximum absolute atomic E-state index is 13.5. The monoisotopic (exact) mass is 308 g/mol. The molecule has 2 rings (SSSR count). The Bertz CT molecular complexity index is 557. The molecule has 21 heavy (non-hydrogen) atoms. The summed E-state index contributed by atoms with van der Waals surface area (Å²) < 4.78 is 66.1. The van der Waals surface area contributed by atoms with Crippen LogP contribution in [0.2, 0.25) is 0 Å². The molecule has 0 radical (unpaired) electrons. The first kappa shape index (κ1) is 15.7. The number of nitrogens with two attached hydrogens (primary N) is 1. The van der Waals surface area contributed by atoms with Crippen molar-refractivity contribution in [3.8, 4) is 0 Å². The summed E-state index contributed by atoms with van der Waals surface area (Å²) in [6, 6.07) is 0.0210. The lowest BCUT2D eigenvalue weighted by atomic mass is 9.80. The summed E-state index contributed by atoms with van der Waals surface area (Å²) in [6.07, 6.45) is 1.30. The van der Waals surface area contributed by atoms with Gasteiger partial charge in [-0.15, -0.1) is 0 Å². The number of hydrogen-bond acceptors (Lipinski definition) is 2. The minimum absolute atomic E-state index is 0.0210. The van der Waals surface area contributed by atoms with Crippen molar-refractivity contribution in [3.63, 3.8) is 0 Å². The number of carbonyl (C=O) groups excluding carboxylic acids is 1. The molecule has 1 amide bonds. The number of carbonyl (C=O) groups is 1. The van der Waals surface area contributed by atoms with Crippen molar-refractivity contribution >= 4 is 5.91 Å². The molecule has 0 spiro atoms. The molecule has 1 aliphatic rings. The van der Waals surface area contributed by atoms with E-state index in [1.165, 1.54) is 7.05 Å². The van der Waals surface area contributed by atoms with Crippen LogP contribution in [-0.4, -0.2) is 30.4 Å². The van der Waals surface area contributed by atoms with E-state index in [0.29, 0.717) is 12.8 Å². The predicted octanol–water partition coefficient (Wildman–Crippen LogP) is 2.19. The molecule has 0 unspecified atom stereocenters. The number of amides is 1. The third-order valence-corrected chi connectivity index (χ3v) is 3.57. The van der Waals surface area contributed by atoms with Crippen molar-refractivity contribution in [2.24, 2.45) is 11.7 Å². The van der Waals surface area contributed by atoms with Gasteiger partial charge >= 0.3 is 0 Å². The first-order valence-corrected chi connectivity index (χ1v) is 6.26. The molecule has 0 saturated heterocycles. The summed E-state index contributed by atoms with van der Waals surface area (Å²) >= 11 is 0. The smallest absolute Gasteiger partial charge is 0.259 e. The van der Waals surface area contributed by atoms with Crippen LogP contribution in [0.5, 0.6) is 0 Å².